The first-order chi connectivity index (χ1) is 8.97. The van der Waals surface area contributed by atoms with E-state index in [1.54, 1.807) is 19.2 Å². The van der Waals surface area contributed by atoms with Crippen molar-refractivity contribution in [3.05, 3.63) is 28.8 Å². The van der Waals surface area contributed by atoms with Crippen LogP contribution in [0.3, 0.4) is 0 Å². The fourth-order valence-electron chi connectivity index (χ4n) is 1.47. The fraction of sp³-hybridized carbons (Fsp3) is 0.500. The predicted octanol–water partition coefficient (Wildman–Crippen LogP) is 1.58. The van der Waals surface area contributed by atoms with Crippen molar-refractivity contribution in [2.24, 2.45) is 0 Å². The van der Waals surface area contributed by atoms with Crippen molar-refractivity contribution in [3.63, 3.8) is 0 Å². The molecule has 0 radical (unpaired) electrons. The maximum absolute atomic E-state index is 12.0. The second kappa shape index (κ2) is 9.55. The van der Waals surface area contributed by atoms with Crippen LogP contribution in [0.1, 0.15) is 5.56 Å². The van der Waals surface area contributed by atoms with E-state index in [1.807, 2.05) is 6.92 Å². The molecule has 1 aromatic rings. The number of nitrogens with one attached hydrogen (secondary N) is 2. The number of benzene rings is 1. The van der Waals surface area contributed by atoms with Gasteiger partial charge in [-0.3, -0.25) is 0 Å². The molecule has 1 rings (SSSR count). The molecule has 5 nitrogen and oxygen atoms in total. The first-order valence-corrected chi connectivity index (χ1v) is 7.79. The minimum Gasteiger partial charge on any atom is -0.383 e. The number of ether oxygens (including phenoxy) is 1. The lowest BCUT2D eigenvalue weighted by Crippen LogP contribution is -2.33. The van der Waals surface area contributed by atoms with Gasteiger partial charge in [0.15, 0.2) is 0 Å². The number of rotatable bonds is 8. The van der Waals surface area contributed by atoms with Gasteiger partial charge in [-0.05, 0) is 24.6 Å². The summed E-state index contributed by atoms with van der Waals surface area (Å²) in [6.07, 6.45) is 0. The molecular weight excluding hydrogens is 323 g/mol. The molecular formula is C12H20Cl2N2O3S. The van der Waals surface area contributed by atoms with Gasteiger partial charge >= 0.3 is 0 Å². The lowest BCUT2D eigenvalue weighted by molar-refractivity contribution is 0.199. The Balaban J connectivity index is 0.00000361. The molecule has 0 amide bonds. The third-order valence-corrected chi connectivity index (χ3v) is 4.40. The average molecular weight is 343 g/mol. The van der Waals surface area contributed by atoms with Gasteiger partial charge in [-0.15, -0.1) is 12.4 Å². The Hall–Kier alpha value is -0.370. The molecule has 20 heavy (non-hydrogen) atoms. The van der Waals surface area contributed by atoms with E-state index in [1.165, 1.54) is 6.07 Å². The third-order valence-electron chi connectivity index (χ3n) is 2.45. The Morgan fingerprint density at radius 1 is 1.25 bits per heavy atom. The highest BCUT2D eigenvalue weighted by Gasteiger charge is 2.16. The Morgan fingerprint density at radius 3 is 2.55 bits per heavy atom. The molecule has 8 heteroatoms. The average Bonchev–Trinajstić information content (AvgIpc) is 2.33. The zero-order valence-corrected chi connectivity index (χ0v) is 13.9. The van der Waals surface area contributed by atoms with E-state index >= 15 is 0 Å². The van der Waals surface area contributed by atoms with Gasteiger partial charge in [-0.2, -0.15) is 0 Å². The van der Waals surface area contributed by atoms with Crippen molar-refractivity contribution in [2.75, 3.05) is 33.4 Å². The summed E-state index contributed by atoms with van der Waals surface area (Å²) in [5, 5.41) is 3.29. The van der Waals surface area contributed by atoms with Crippen LogP contribution in [-0.2, 0) is 14.8 Å². The lowest BCUT2D eigenvalue weighted by Gasteiger charge is -2.09. The van der Waals surface area contributed by atoms with Crippen LogP contribution in [-0.4, -0.2) is 41.8 Å². The van der Waals surface area contributed by atoms with Crippen LogP contribution in [0.2, 0.25) is 5.02 Å². The summed E-state index contributed by atoms with van der Waals surface area (Å²) in [5.74, 6) is 0. The zero-order chi connectivity index (χ0) is 14.3. The molecule has 0 atom stereocenters. The molecule has 0 spiro atoms. The largest absolute Gasteiger partial charge is 0.383 e. The van der Waals surface area contributed by atoms with Crippen LogP contribution in [0.15, 0.2) is 23.1 Å². The van der Waals surface area contributed by atoms with Crippen LogP contribution in [0, 0.1) is 6.92 Å². The highest BCUT2D eigenvalue weighted by molar-refractivity contribution is 7.89. The maximum atomic E-state index is 12.0. The van der Waals surface area contributed by atoms with Crippen molar-refractivity contribution < 1.29 is 13.2 Å². The van der Waals surface area contributed by atoms with Crippen LogP contribution >= 0.6 is 24.0 Å². The summed E-state index contributed by atoms with van der Waals surface area (Å²) in [6.45, 7) is 3.97. The Labute approximate surface area is 131 Å². The molecule has 0 saturated heterocycles. The Morgan fingerprint density at radius 2 is 1.95 bits per heavy atom. The van der Waals surface area contributed by atoms with Crippen molar-refractivity contribution in [1.82, 2.24) is 10.0 Å². The third kappa shape index (κ3) is 6.39. The summed E-state index contributed by atoms with van der Waals surface area (Å²) in [7, 11) is -1.94. The van der Waals surface area contributed by atoms with E-state index < -0.39 is 10.0 Å². The quantitative estimate of drug-likeness (QED) is 0.704. The number of halogens is 2. The molecule has 2 N–H and O–H groups in total. The molecule has 0 unspecified atom stereocenters. The van der Waals surface area contributed by atoms with Crippen LogP contribution < -0.4 is 10.0 Å². The van der Waals surface area contributed by atoms with E-state index in [9.17, 15) is 8.42 Å². The summed E-state index contributed by atoms with van der Waals surface area (Å²) < 4.78 is 31.4. The second-order valence-electron chi connectivity index (χ2n) is 4.07. The van der Waals surface area contributed by atoms with Crippen molar-refractivity contribution >= 4 is 34.0 Å². The second-order valence-corrected chi connectivity index (χ2v) is 6.22. The molecule has 0 heterocycles. The Kier molecular flexibility index (Phi) is 9.37. The van der Waals surface area contributed by atoms with E-state index in [4.69, 9.17) is 16.3 Å². The molecule has 0 bridgehead atoms. The molecule has 0 aliphatic rings. The van der Waals surface area contributed by atoms with Crippen LogP contribution in [0.25, 0.3) is 0 Å². The van der Waals surface area contributed by atoms with Gasteiger partial charge in [0, 0.05) is 26.7 Å². The first kappa shape index (κ1) is 19.6. The van der Waals surface area contributed by atoms with E-state index in [0.717, 1.165) is 5.56 Å². The van der Waals surface area contributed by atoms with Crippen molar-refractivity contribution in [1.29, 1.82) is 0 Å². The smallest absolute Gasteiger partial charge is 0.242 e. The normalized spacial score (nSPS) is 11.2. The number of hydrogen-bond donors (Lipinski definition) is 2. The van der Waals surface area contributed by atoms with Crippen LogP contribution in [0.5, 0.6) is 0 Å². The van der Waals surface area contributed by atoms with Gasteiger partial charge in [0.05, 0.1) is 11.6 Å². The highest BCUT2D eigenvalue weighted by atomic mass is 35.5. The monoisotopic (exact) mass is 342 g/mol. The predicted molar refractivity (Wildman–Crippen MR) is 83.4 cm³/mol. The van der Waals surface area contributed by atoms with Gasteiger partial charge in [0.2, 0.25) is 10.0 Å². The number of aryl methyl sites for hydroxylation is 1. The SMILES string of the molecule is COCCNCCNS(=O)(=O)c1ccc(C)cc1Cl.Cl. The van der Waals surface area contributed by atoms with Gasteiger partial charge in [0.25, 0.3) is 0 Å². The molecule has 1 aromatic carbocycles. The van der Waals surface area contributed by atoms with Gasteiger partial charge in [-0.25, -0.2) is 13.1 Å². The van der Waals surface area contributed by atoms with Crippen molar-refractivity contribution in [3.8, 4) is 0 Å². The van der Waals surface area contributed by atoms with E-state index in [0.29, 0.717) is 26.2 Å². The minimum atomic E-state index is -3.55. The first-order valence-electron chi connectivity index (χ1n) is 5.93. The van der Waals surface area contributed by atoms with Gasteiger partial charge in [-0.1, -0.05) is 17.7 Å². The van der Waals surface area contributed by atoms with E-state index in [2.05, 4.69) is 10.0 Å². The van der Waals surface area contributed by atoms with E-state index in [-0.39, 0.29) is 22.3 Å². The van der Waals surface area contributed by atoms with Crippen LogP contribution in [0.4, 0.5) is 0 Å². The number of hydrogen-bond acceptors (Lipinski definition) is 4. The molecule has 0 saturated carbocycles. The molecule has 0 fully saturated rings. The van der Waals surface area contributed by atoms with Crippen molar-refractivity contribution in [2.45, 2.75) is 11.8 Å². The molecule has 0 aliphatic carbocycles. The summed E-state index contributed by atoms with van der Waals surface area (Å²) in [5.41, 5.74) is 0.921. The Bertz CT molecular complexity index is 509. The number of sulfonamides is 1. The molecule has 0 aromatic heterocycles. The maximum Gasteiger partial charge on any atom is 0.242 e. The summed E-state index contributed by atoms with van der Waals surface area (Å²) in [6, 6.07) is 4.86. The van der Waals surface area contributed by atoms with Gasteiger partial charge < -0.3 is 10.1 Å². The van der Waals surface area contributed by atoms with Gasteiger partial charge in [0.1, 0.15) is 4.90 Å². The minimum absolute atomic E-state index is 0. The summed E-state index contributed by atoms with van der Waals surface area (Å²) in [4.78, 5) is 0.108. The molecule has 116 valence electrons. The standard InChI is InChI=1S/C12H19ClN2O3S.ClH/c1-10-3-4-12(11(13)9-10)19(16,17)15-6-5-14-7-8-18-2;/h3-4,9,14-15H,5-8H2,1-2H3;1H. The topological polar surface area (TPSA) is 67.4 Å². The fourth-order valence-corrected chi connectivity index (χ4v) is 3.10. The highest BCUT2D eigenvalue weighted by Crippen LogP contribution is 2.21. The summed E-state index contributed by atoms with van der Waals surface area (Å²) >= 11 is 5.94. The lowest BCUT2D eigenvalue weighted by atomic mass is 10.2. The molecule has 0 aliphatic heterocycles. The zero-order valence-electron chi connectivity index (χ0n) is 11.5. The number of methoxy groups -OCH3 is 1.